The second kappa shape index (κ2) is 8.48. The Kier molecular flexibility index (Phi) is 6.75. The molecule has 0 fully saturated rings. The van der Waals surface area contributed by atoms with Crippen molar-refractivity contribution in [1.82, 2.24) is 4.31 Å². The Labute approximate surface area is 161 Å². The zero-order chi connectivity index (χ0) is 20.2. The van der Waals surface area contributed by atoms with E-state index < -0.39 is 21.6 Å². The number of unbranched alkanes of at least 4 members (excludes halogenated alkanes) is 1. The van der Waals surface area contributed by atoms with Crippen LogP contribution >= 0.6 is 0 Å². The van der Waals surface area contributed by atoms with Crippen molar-refractivity contribution in [2.45, 2.75) is 58.1 Å². The molecule has 1 heterocycles. The average Bonchev–Trinajstić information content (AvgIpc) is 2.53. The number of carboxylic acids is 1. The highest BCUT2D eigenvalue weighted by molar-refractivity contribution is 7.88. The van der Waals surface area contributed by atoms with E-state index in [0.717, 1.165) is 5.56 Å². The first-order valence-electron chi connectivity index (χ1n) is 9.18. The molecular formula is C19H29NO6S. The van der Waals surface area contributed by atoms with Gasteiger partial charge in [-0.2, -0.15) is 4.31 Å². The van der Waals surface area contributed by atoms with Crippen LogP contribution in [0.25, 0.3) is 0 Å². The van der Waals surface area contributed by atoms with Gasteiger partial charge in [-0.15, -0.1) is 0 Å². The summed E-state index contributed by atoms with van der Waals surface area (Å²) < 4.78 is 37.8. The molecule has 2 rings (SSSR count). The van der Waals surface area contributed by atoms with Crippen LogP contribution in [0.1, 0.15) is 58.1 Å². The summed E-state index contributed by atoms with van der Waals surface area (Å²) in [6.45, 7) is 6.51. The fourth-order valence-electron chi connectivity index (χ4n) is 3.40. The van der Waals surface area contributed by atoms with E-state index in [0.29, 0.717) is 43.9 Å². The second-order valence-electron chi connectivity index (χ2n) is 7.45. The quantitative estimate of drug-likeness (QED) is 0.641. The molecule has 1 aliphatic heterocycles. The average molecular weight is 400 g/mol. The summed E-state index contributed by atoms with van der Waals surface area (Å²) in [5.74, 6) is 0.477. The maximum Gasteiger partial charge on any atom is 0.303 e. The highest BCUT2D eigenvalue weighted by atomic mass is 32.2. The van der Waals surface area contributed by atoms with Crippen LogP contribution in [0.2, 0.25) is 0 Å². The Balaban J connectivity index is 2.22. The van der Waals surface area contributed by atoms with E-state index in [4.69, 9.17) is 14.6 Å². The van der Waals surface area contributed by atoms with Crippen molar-refractivity contribution in [3.63, 3.8) is 0 Å². The van der Waals surface area contributed by atoms with Gasteiger partial charge in [0.05, 0.1) is 18.9 Å². The van der Waals surface area contributed by atoms with Crippen LogP contribution in [-0.2, 0) is 14.8 Å². The standard InChI is InChI=1S/C19H29NO6S/c1-5-20(27(4,23)24)16-13-19(2,3)26-17-10-9-14(12-15(16)17)25-11-7-6-8-18(21)22/h9-10,12,16H,5-8,11,13H2,1-4H3,(H,21,22). The van der Waals surface area contributed by atoms with Gasteiger partial charge in [0.2, 0.25) is 10.0 Å². The van der Waals surface area contributed by atoms with E-state index in [1.165, 1.54) is 10.6 Å². The molecule has 8 heteroatoms. The molecule has 27 heavy (non-hydrogen) atoms. The van der Waals surface area contributed by atoms with Crippen LogP contribution in [-0.4, -0.2) is 48.8 Å². The molecule has 0 radical (unpaired) electrons. The number of sulfonamides is 1. The predicted molar refractivity (Wildman–Crippen MR) is 103 cm³/mol. The molecule has 152 valence electrons. The smallest absolute Gasteiger partial charge is 0.303 e. The number of carboxylic acid groups (broad SMARTS) is 1. The van der Waals surface area contributed by atoms with Gasteiger partial charge in [0.1, 0.15) is 17.1 Å². The van der Waals surface area contributed by atoms with Gasteiger partial charge in [-0.25, -0.2) is 8.42 Å². The molecular weight excluding hydrogens is 370 g/mol. The zero-order valence-corrected chi connectivity index (χ0v) is 17.2. The zero-order valence-electron chi connectivity index (χ0n) is 16.4. The fraction of sp³-hybridized carbons (Fsp3) is 0.632. The monoisotopic (exact) mass is 399 g/mol. The van der Waals surface area contributed by atoms with E-state index in [9.17, 15) is 13.2 Å². The van der Waals surface area contributed by atoms with Crippen molar-refractivity contribution < 1.29 is 27.8 Å². The lowest BCUT2D eigenvalue weighted by atomic mass is 9.89. The number of fused-ring (bicyclic) bond motifs is 1. The summed E-state index contributed by atoms with van der Waals surface area (Å²) in [4.78, 5) is 10.5. The highest BCUT2D eigenvalue weighted by Gasteiger charge is 2.39. The molecule has 0 saturated heterocycles. The number of hydrogen-bond acceptors (Lipinski definition) is 5. The molecule has 1 atom stereocenters. The highest BCUT2D eigenvalue weighted by Crippen LogP contribution is 2.44. The molecule has 0 amide bonds. The van der Waals surface area contributed by atoms with E-state index in [1.54, 1.807) is 6.07 Å². The predicted octanol–water partition coefficient (Wildman–Crippen LogP) is 3.20. The fourth-order valence-corrected chi connectivity index (χ4v) is 4.52. The third-order valence-corrected chi connectivity index (χ3v) is 5.92. The van der Waals surface area contributed by atoms with Crippen molar-refractivity contribution in [2.75, 3.05) is 19.4 Å². The Bertz CT molecular complexity index is 774. The van der Waals surface area contributed by atoms with Crippen LogP contribution in [0.15, 0.2) is 18.2 Å². The van der Waals surface area contributed by atoms with Crippen molar-refractivity contribution >= 4 is 16.0 Å². The minimum absolute atomic E-state index is 0.123. The van der Waals surface area contributed by atoms with Gasteiger partial charge in [0.15, 0.2) is 0 Å². The molecule has 0 saturated carbocycles. The first-order valence-corrected chi connectivity index (χ1v) is 11.0. The molecule has 0 bridgehead atoms. The van der Waals surface area contributed by atoms with Crippen LogP contribution in [0.5, 0.6) is 11.5 Å². The molecule has 0 spiro atoms. The molecule has 1 N–H and O–H groups in total. The normalized spacial score (nSPS) is 18.6. The number of carbonyl (C=O) groups is 1. The molecule has 1 unspecified atom stereocenters. The number of hydrogen-bond donors (Lipinski definition) is 1. The Morgan fingerprint density at radius 2 is 2.07 bits per heavy atom. The summed E-state index contributed by atoms with van der Waals surface area (Å²) >= 11 is 0. The molecule has 1 aliphatic rings. The van der Waals surface area contributed by atoms with Gasteiger partial charge in [-0.1, -0.05) is 6.92 Å². The largest absolute Gasteiger partial charge is 0.494 e. The molecule has 0 aromatic heterocycles. The lowest BCUT2D eigenvalue weighted by Gasteiger charge is -2.41. The van der Waals surface area contributed by atoms with E-state index in [2.05, 4.69) is 0 Å². The Hall–Kier alpha value is -1.80. The summed E-state index contributed by atoms with van der Waals surface area (Å²) in [7, 11) is -3.37. The number of aliphatic carboxylic acids is 1. The maximum absolute atomic E-state index is 12.3. The van der Waals surface area contributed by atoms with E-state index >= 15 is 0 Å². The molecule has 7 nitrogen and oxygen atoms in total. The molecule has 1 aromatic carbocycles. The van der Waals surface area contributed by atoms with Gasteiger partial charge >= 0.3 is 5.97 Å². The maximum atomic E-state index is 12.3. The van der Waals surface area contributed by atoms with Gasteiger partial charge < -0.3 is 14.6 Å². The lowest BCUT2D eigenvalue weighted by Crippen LogP contribution is -2.43. The molecule has 1 aromatic rings. The van der Waals surface area contributed by atoms with Crippen molar-refractivity contribution in [2.24, 2.45) is 0 Å². The third kappa shape index (κ3) is 5.84. The second-order valence-corrected chi connectivity index (χ2v) is 9.38. The van der Waals surface area contributed by atoms with Crippen molar-refractivity contribution in [3.05, 3.63) is 23.8 Å². The molecule has 0 aliphatic carbocycles. The number of ether oxygens (including phenoxy) is 2. The summed E-state index contributed by atoms with van der Waals surface area (Å²) in [5.41, 5.74) is 0.319. The van der Waals surface area contributed by atoms with Gasteiger partial charge in [0.25, 0.3) is 0 Å². The number of rotatable bonds is 9. The Morgan fingerprint density at radius 3 is 2.67 bits per heavy atom. The van der Waals surface area contributed by atoms with E-state index in [1.807, 2.05) is 32.9 Å². The van der Waals surface area contributed by atoms with Crippen LogP contribution in [0.3, 0.4) is 0 Å². The SMILES string of the molecule is CCN(C1CC(C)(C)Oc2ccc(OCCCCC(=O)O)cc21)S(C)(=O)=O. The minimum atomic E-state index is -3.37. The van der Waals surface area contributed by atoms with Gasteiger partial charge in [-0.3, -0.25) is 4.79 Å². The van der Waals surface area contributed by atoms with E-state index in [-0.39, 0.29) is 12.5 Å². The van der Waals surface area contributed by atoms with Crippen molar-refractivity contribution in [3.8, 4) is 11.5 Å². The minimum Gasteiger partial charge on any atom is -0.494 e. The number of benzene rings is 1. The Morgan fingerprint density at radius 1 is 1.37 bits per heavy atom. The van der Waals surface area contributed by atoms with Gasteiger partial charge in [-0.05, 0) is 44.9 Å². The van der Waals surface area contributed by atoms with Crippen molar-refractivity contribution in [1.29, 1.82) is 0 Å². The van der Waals surface area contributed by atoms with Crippen LogP contribution in [0.4, 0.5) is 0 Å². The van der Waals surface area contributed by atoms with Gasteiger partial charge in [0, 0.05) is 24.9 Å². The van der Waals surface area contributed by atoms with Crippen LogP contribution in [0, 0.1) is 0 Å². The number of nitrogens with zero attached hydrogens (tertiary/aromatic N) is 1. The summed E-state index contributed by atoms with van der Waals surface area (Å²) in [5, 5.41) is 8.67. The third-order valence-electron chi connectivity index (χ3n) is 4.55. The first kappa shape index (κ1) is 21.5. The first-order chi connectivity index (χ1) is 12.5. The summed E-state index contributed by atoms with van der Waals surface area (Å²) in [6.07, 6.45) is 3.08. The van der Waals surface area contributed by atoms with Crippen LogP contribution < -0.4 is 9.47 Å². The topological polar surface area (TPSA) is 93.1 Å². The summed E-state index contributed by atoms with van der Waals surface area (Å²) in [6, 6.07) is 5.12. The lowest BCUT2D eigenvalue weighted by molar-refractivity contribution is -0.137.